The maximum Gasteiger partial charge on any atom is 0.123 e. The molecule has 90 valence electrons. The van der Waals surface area contributed by atoms with Gasteiger partial charge in [-0.25, -0.2) is 9.37 Å². The third kappa shape index (κ3) is 2.91. The highest BCUT2D eigenvalue weighted by Gasteiger charge is 2.06. The molecule has 2 rings (SSSR count). The molecular weight excluding hydrogens is 217 g/mol. The molecule has 0 aliphatic heterocycles. The Balaban J connectivity index is 2.24. The van der Waals surface area contributed by atoms with Crippen molar-refractivity contribution in [3.05, 3.63) is 42.6 Å². The van der Waals surface area contributed by atoms with Crippen LogP contribution in [0.1, 0.15) is 13.3 Å². The fourth-order valence-electron chi connectivity index (χ4n) is 1.73. The van der Waals surface area contributed by atoms with Crippen molar-refractivity contribution in [2.45, 2.75) is 25.9 Å². The fourth-order valence-corrected chi connectivity index (χ4v) is 1.73. The number of aryl methyl sites for hydroxylation is 1. The lowest BCUT2D eigenvalue weighted by Crippen LogP contribution is -2.17. The minimum absolute atomic E-state index is 0.151. The highest BCUT2D eigenvalue weighted by atomic mass is 19.1. The van der Waals surface area contributed by atoms with Gasteiger partial charge in [0.2, 0.25) is 0 Å². The van der Waals surface area contributed by atoms with Crippen LogP contribution in [0.2, 0.25) is 0 Å². The number of aromatic nitrogens is 2. The van der Waals surface area contributed by atoms with E-state index in [1.807, 2.05) is 17.6 Å². The van der Waals surface area contributed by atoms with Crippen molar-refractivity contribution in [1.82, 2.24) is 9.55 Å². The van der Waals surface area contributed by atoms with Gasteiger partial charge in [0.15, 0.2) is 0 Å². The van der Waals surface area contributed by atoms with Gasteiger partial charge in [-0.3, -0.25) is 0 Å². The van der Waals surface area contributed by atoms with E-state index in [9.17, 15) is 4.39 Å². The van der Waals surface area contributed by atoms with Crippen LogP contribution >= 0.6 is 0 Å². The summed E-state index contributed by atoms with van der Waals surface area (Å²) in [5, 5.41) is 0. The average Bonchev–Trinajstić information content (AvgIpc) is 2.74. The Labute approximate surface area is 100 Å². The van der Waals surface area contributed by atoms with Crippen LogP contribution in [0.4, 0.5) is 4.39 Å². The largest absolute Gasteiger partial charge is 0.331 e. The Hall–Kier alpha value is -1.68. The van der Waals surface area contributed by atoms with E-state index in [0.29, 0.717) is 0 Å². The third-order valence-electron chi connectivity index (χ3n) is 2.66. The standard InChI is InChI=1S/C13H16FN3/c1-10(15)5-6-17-9-16-8-13(17)11-3-2-4-12(14)7-11/h2-4,7-10H,5-6,15H2,1H3. The summed E-state index contributed by atoms with van der Waals surface area (Å²) in [6.07, 6.45) is 4.37. The average molecular weight is 233 g/mol. The van der Waals surface area contributed by atoms with E-state index in [1.54, 1.807) is 18.6 Å². The van der Waals surface area contributed by atoms with Crippen LogP contribution in [-0.2, 0) is 6.54 Å². The summed E-state index contributed by atoms with van der Waals surface area (Å²) in [5.74, 6) is -0.234. The zero-order valence-electron chi connectivity index (χ0n) is 9.81. The Morgan fingerprint density at radius 1 is 1.47 bits per heavy atom. The van der Waals surface area contributed by atoms with Gasteiger partial charge in [0, 0.05) is 18.2 Å². The van der Waals surface area contributed by atoms with Gasteiger partial charge in [0.25, 0.3) is 0 Å². The summed E-state index contributed by atoms with van der Waals surface area (Å²) >= 11 is 0. The van der Waals surface area contributed by atoms with E-state index in [1.165, 1.54) is 12.1 Å². The van der Waals surface area contributed by atoms with Crippen molar-refractivity contribution < 1.29 is 4.39 Å². The van der Waals surface area contributed by atoms with Crippen molar-refractivity contribution in [3.63, 3.8) is 0 Å². The quantitative estimate of drug-likeness (QED) is 0.881. The molecule has 1 heterocycles. The van der Waals surface area contributed by atoms with Gasteiger partial charge in [-0.2, -0.15) is 0 Å². The molecule has 1 aromatic carbocycles. The Bertz CT molecular complexity index is 491. The molecule has 0 saturated carbocycles. The van der Waals surface area contributed by atoms with Crippen LogP contribution < -0.4 is 5.73 Å². The van der Waals surface area contributed by atoms with Crippen LogP contribution in [-0.4, -0.2) is 15.6 Å². The van der Waals surface area contributed by atoms with Crippen LogP contribution in [0.15, 0.2) is 36.8 Å². The minimum Gasteiger partial charge on any atom is -0.331 e. The molecule has 1 atom stereocenters. The molecule has 0 aliphatic carbocycles. The molecule has 0 spiro atoms. The van der Waals surface area contributed by atoms with Crippen molar-refractivity contribution in [2.24, 2.45) is 5.73 Å². The van der Waals surface area contributed by atoms with Gasteiger partial charge in [0.05, 0.1) is 18.2 Å². The summed E-state index contributed by atoms with van der Waals surface area (Å²) in [4.78, 5) is 4.11. The number of nitrogens with zero attached hydrogens (tertiary/aromatic N) is 2. The van der Waals surface area contributed by atoms with E-state index in [0.717, 1.165) is 24.2 Å². The molecule has 17 heavy (non-hydrogen) atoms. The number of benzene rings is 1. The summed E-state index contributed by atoms with van der Waals surface area (Å²) < 4.78 is 15.2. The maximum atomic E-state index is 13.2. The molecule has 2 N–H and O–H groups in total. The van der Waals surface area contributed by atoms with Crippen LogP contribution in [0.3, 0.4) is 0 Å². The molecule has 0 amide bonds. The van der Waals surface area contributed by atoms with E-state index in [-0.39, 0.29) is 11.9 Å². The third-order valence-corrected chi connectivity index (χ3v) is 2.66. The van der Waals surface area contributed by atoms with E-state index >= 15 is 0 Å². The van der Waals surface area contributed by atoms with E-state index in [4.69, 9.17) is 5.73 Å². The second-order valence-electron chi connectivity index (χ2n) is 4.25. The highest BCUT2D eigenvalue weighted by Crippen LogP contribution is 2.20. The normalized spacial score (nSPS) is 12.6. The number of hydrogen-bond acceptors (Lipinski definition) is 2. The van der Waals surface area contributed by atoms with Crippen LogP contribution in [0.5, 0.6) is 0 Å². The van der Waals surface area contributed by atoms with Gasteiger partial charge < -0.3 is 10.3 Å². The van der Waals surface area contributed by atoms with Crippen LogP contribution in [0, 0.1) is 5.82 Å². The molecule has 0 fully saturated rings. The fraction of sp³-hybridized carbons (Fsp3) is 0.308. The second-order valence-corrected chi connectivity index (χ2v) is 4.25. The molecular formula is C13H16FN3. The number of rotatable bonds is 4. The van der Waals surface area contributed by atoms with E-state index < -0.39 is 0 Å². The molecule has 0 radical (unpaired) electrons. The highest BCUT2D eigenvalue weighted by molar-refractivity contribution is 5.58. The maximum absolute atomic E-state index is 13.2. The molecule has 3 nitrogen and oxygen atoms in total. The molecule has 1 aromatic heterocycles. The van der Waals surface area contributed by atoms with Crippen molar-refractivity contribution in [3.8, 4) is 11.3 Å². The number of hydrogen-bond donors (Lipinski definition) is 1. The minimum atomic E-state index is -0.234. The zero-order chi connectivity index (χ0) is 12.3. The van der Waals surface area contributed by atoms with Gasteiger partial charge in [-0.1, -0.05) is 12.1 Å². The predicted molar refractivity (Wildman–Crippen MR) is 65.9 cm³/mol. The molecule has 0 bridgehead atoms. The topological polar surface area (TPSA) is 43.8 Å². The van der Waals surface area contributed by atoms with Crippen LogP contribution in [0.25, 0.3) is 11.3 Å². The van der Waals surface area contributed by atoms with Gasteiger partial charge in [0.1, 0.15) is 5.82 Å². The van der Waals surface area contributed by atoms with Gasteiger partial charge in [-0.05, 0) is 25.5 Å². The number of nitrogens with two attached hydrogens (primary N) is 1. The summed E-state index contributed by atoms with van der Waals surface area (Å²) in [5.41, 5.74) is 7.49. The van der Waals surface area contributed by atoms with E-state index in [2.05, 4.69) is 4.98 Å². The molecule has 0 aliphatic rings. The monoisotopic (exact) mass is 233 g/mol. The molecule has 2 aromatic rings. The molecule has 0 saturated heterocycles. The lowest BCUT2D eigenvalue weighted by molar-refractivity contribution is 0.573. The SMILES string of the molecule is CC(N)CCn1cncc1-c1cccc(F)c1. The second kappa shape index (κ2) is 5.10. The summed E-state index contributed by atoms with van der Waals surface area (Å²) in [7, 11) is 0. The van der Waals surface area contributed by atoms with Crippen molar-refractivity contribution in [2.75, 3.05) is 0 Å². The predicted octanol–water partition coefficient (Wildman–Crippen LogP) is 2.43. The first-order valence-electron chi connectivity index (χ1n) is 5.68. The first-order chi connectivity index (χ1) is 8.16. The Morgan fingerprint density at radius 3 is 3.00 bits per heavy atom. The summed E-state index contributed by atoms with van der Waals surface area (Å²) in [6, 6.07) is 6.68. The lowest BCUT2D eigenvalue weighted by atomic mass is 10.1. The summed E-state index contributed by atoms with van der Waals surface area (Å²) in [6.45, 7) is 2.77. The van der Waals surface area contributed by atoms with Crippen molar-refractivity contribution >= 4 is 0 Å². The number of halogens is 1. The first kappa shape index (κ1) is 11.8. The Kier molecular flexibility index (Phi) is 3.54. The lowest BCUT2D eigenvalue weighted by Gasteiger charge is -2.10. The smallest absolute Gasteiger partial charge is 0.123 e. The Morgan fingerprint density at radius 2 is 2.29 bits per heavy atom. The number of imidazole rings is 1. The van der Waals surface area contributed by atoms with Gasteiger partial charge in [-0.15, -0.1) is 0 Å². The zero-order valence-corrected chi connectivity index (χ0v) is 9.81. The molecule has 4 heteroatoms. The first-order valence-corrected chi connectivity index (χ1v) is 5.68. The van der Waals surface area contributed by atoms with Gasteiger partial charge >= 0.3 is 0 Å². The molecule has 1 unspecified atom stereocenters. The van der Waals surface area contributed by atoms with Crippen molar-refractivity contribution in [1.29, 1.82) is 0 Å².